The number of sulfonamides is 1. The van der Waals surface area contributed by atoms with Crippen LogP contribution in [0.25, 0.3) is 0 Å². The van der Waals surface area contributed by atoms with Gasteiger partial charge in [-0.1, -0.05) is 24.3 Å². The summed E-state index contributed by atoms with van der Waals surface area (Å²) in [6.07, 6.45) is 4.98. The summed E-state index contributed by atoms with van der Waals surface area (Å²) in [5, 5.41) is 0.104. The third-order valence-electron chi connectivity index (χ3n) is 8.80. The van der Waals surface area contributed by atoms with Crippen molar-refractivity contribution in [1.82, 2.24) is 23.7 Å². The van der Waals surface area contributed by atoms with Gasteiger partial charge in [-0.05, 0) is 56.3 Å². The molecule has 6 rings (SSSR count). The molecule has 10 heteroatoms. The van der Waals surface area contributed by atoms with Gasteiger partial charge in [-0.3, -0.25) is 4.90 Å². The average Bonchev–Trinajstić information content (AvgIpc) is 3.67. The van der Waals surface area contributed by atoms with Crippen molar-refractivity contribution in [1.29, 1.82) is 0 Å². The summed E-state index contributed by atoms with van der Waals surface area (Å²) in [6, 6.07) is 14.8. The van der Waals surface area contributed by atoms with Crippen molar-refractivity contribution in [2.45, 2.75) is 35.9 Å². The lowest BCUT2D eigenvalue weighted by molar-refractivity contribution is 0.213. The van der Waals surface area contributed by atoms with Crippen molar-refractivity contribution in [3.05, 3.63) is 77.5 Å². The van der Waals surface area contributed by atoms with Crippen LogP contribution in [0, 0.1) is 5.82 Å². The van der Waals surface area contributed by atoms with E-state index in [2.05, 4.69) is 64.1 Å². The Balaban J connectivity index is 1.13. The zero-order chi connectivity index (χ0) is 27.3. The van der Waals surface area contributed by atoms with Crippen molar-refractivity contribution in [2.75, 3.05) is 58.3 Å². The number of imidazole rings is 1. The molecule has 39 heavy (non-hydrogen) atoms. The number of fused-ring (bicyclic) bond motifs is 1. The molecule has 2 aliphatic heterocycles. The molecule has 1 aromatic heterocycles. The van der Waals surface area contributed by atoms with E-state index in [0.29, 0.717) is 38.1 Å². The molecule has 0 amide bonds. The minimum atomic E-state index is -3.57. The van der Waals surface area contributed by atoms with Gasteiger partial charge in [-0.25, -0.2) is 17.8 Å². The van der Waals surface area contributed by atoms with E-state index in [-0.39, 0.29) is 16.9 Å². The molecule has 2 aromatic carbocycles. The van der Waals surface area contributed by atoms with E-state index in [1.54, 1.807) is 23.9 Å². The molecule has 3 unspecified atom stereocenters. The Morgan fingerprint density at radius 1 is 1.00 bits per heavy atom. The van der Waals surface area contributed by atoms with Crippen molar-refractivity contribution >= 4 is 15.7 Å². The molecular weight excluding hydrogens is 515 g/mol. The van der Waals surface area contributed by atoms with Crippen LogP contribution in [-0.4, -0.2) is 91.5 Å². The average molecular weight is 553 g/mol. The molecule has 2 saturated heterocycles. The number of likely N-dealkylation sites (tertiary alicyclic amines) is 1. The number of hydrogen-bond donors (Lipinski definition) is 0. The van der Waals surface area contributed by atoms with Gasteiger partial charge in [0.25, 0.3) is 10.0 Å². The first-order valence-corrected chi connectivity index (χ1v) is 15.2. The number of rotatable bonds is 6. The maximum atomic E-state index is 14.8. The first-order valence-electron chi connectivity index (χ1n) is 13.7. The Hall–Kier alpha value is -2.79. The predicted octanol–water partition coefficient (Wildman–Crippen LogP) is 3.09. The third kappa shape index (κ3) is 4.88. The Morgan fingerprint density at radius 3 is 2.41 bits per heavy atom. The molecule has 2 fully saturated rings. The van der Waals surface area contributed by atoms with Gasteiger partial charge in [0.2, 0.25) is 0 Å². The minimum absolute atomic E-state index is 0.0721. The van der Waals surface area contributed by atoms with E-state index in [0.717, 1.165) is 42.7 Å². The highest BCUT2D eigenvalue weighted by atomic mass is 32.2. The summed E-state index contributed by atoms with van der Waals surface area (Å²) in [7, 11) is 2.47. The molecule has 0 saturated carbocycles. The normalized spacial score (nSPS) is 24.5. The Labute approximate surface area is 230 Å². The van der Waals surface area contributed by atoms with Gasteiger partial charge in [-0.2, -0.15) is 4.31 Å². The van der Waals surface area contributed by atoms with Crippen LogP contribution in [0.1, 0.15) is 35.1 Å². The second-order valence-corrected chi connectivity index (χ2v) is 13.2. The van der Waals surface area contributed by atoms with Gasteiger partial charge in [0.15, 0.2) is 5.03 Å². The molecule has 0 bridgehead atoms. The lowest BCUT2D eigenvalue weighted by Crippen LogP contribution is -2.48. The van der Waals surface area contributed by atoms with E-state index < -0.39 is 10.0 Å². The standard InChI is InChI=1S/C29H37FN6O2S/c1-32(2)27-18-35(26-12-9-22-5-4-6-25(30)29(22)26)17-24(27)21-7-10-23(11-8-21)34-13-15-36(16-14-34)39(37,38)28-19-33(3)20-31-28/h4-8,10-11,19-20,24,26-27H,9,12-18H2,1-3H3. The second-order valence-electron chi connectivity index (χ2n) is 11.3. The van der Waals surface area contributed by atoms with Gasteiger partial charge >= 0.3 is 0 Å². The van der Waals surface area contributed by atoms with Crippen LogP contribution in [0.2, 0.25) is 0 Å². The molecule has 208 valence electrons. The van der Waals surface area contributed by atoms with Crippen molar-refractivity contribution in [3.63, 3.8) is 0 Å². The fourth-order valence-corrected chi connectivity index (χ4v) is 8.06. The number of benzene rings is 2. The molecule has 0 radical (unpaired) electrons. The first kappa shape index (κ1) is 26.4. The molecule has 0 N–H and O–H groups in total. The van der Waals surface area contributed by atoms with Crippen molar-refractivity contribution < 1.29 is 12.8 Å². The summed E-state index contributed by atoms with van der Waals surface area (Å²) in [4.78, 5) is 11.1. The Morgan fingerprint density at radius 2 is 1.74 bits per heavy atom. The summed E-state index contributed by atoms with van der Waals surface area (Å²) in [5.74, 6) is 0.266. The topological polar surface area (TPSA) is 64.9 Å². The summed E-state index contributed by atoms with van der Waals surface area (Å²) in [6.45, 7) is 3.96. The predicted molar refractivity (Wildman–Crippen MR) is 150 cm³/mol. The first-order chi connectivity index (χ1) is 18.7. The number of anilines is 1. The number of aromatic nitrogens is 2. The number of likely N-dealkylation sites (N-methyl/N-ethyl adjacent to an activating group) is 1. The van der Waals surface area contributed by atoms with Crippen LogP contribution in [0.5, 0.6) is 0 Å². The van der Waals surface area contributed by atoms with E-state index >= 15 is 0 Å². The second kappa shape index (κ2) is 10.3. The van der Waals surface area contributed by atoms with Crippen LogP contribution >= 0.6 is 0 Å². The number of aryl methyl sites for hydroxylation is 2. The number of halogens is 1. The smallest absolute Gasteiger partial charge is 0.262 e. The van der Waals surface area contributed by atoms with E-state index in [1.807, 2.05) is 6.07 Å². The zero-order valence-electron chi connectivity index (χ0n) is 22.9. The zero-order valence-corrected chi connectivity index (χ0v) is 23.7. The van der Waals surface area contributed by atoms with Crippen LogP contribution < -0.4 is 4.90 Å². The van der Waals surface area contributed by atoms with Gasteiger partial charge in [0, 0.05) is 81.8 Å². The van der Waals surface area contributed by atoms with Crippen LogP contribution in [-0.2, 0) is 23.5 Å². The molecular formula is C29H37FN6O2S. The van der Waals surface area contributed by atoms with Crippen LogP contribution in [0.3, 0.4) is 0 Å². The largest absolute Gasteiger partial charge is 0.369 e. The maximum Gasteiger partial charge on any atom is 0.262 e. The van der Waals surface area contributed by atoms with Gasteiger partial charge in [-0.15, -0.1) is 0 Å². The molecule has 1 aliphatic carbocycles. The Kier molecular flexibility index (Phi) is 6.99. The van der Waals surface area contributed by atoms with Crippen LogP contribution in [0.4, 0.5) is 10.1 Å². The lowest BCUT2D eigenvalue weighted by Gasteiger charge is -2.35. The van der Waals surface area contributed by atoms with Gasteiger partial charge < -0.3 is 14.4 Å². The molecule has 3 heterocycles. The van der Waals surface area contributed by atoms with E-state index in [9.17, 15) is 12.8 Å². The highest BCUT2D eigenvalue weighted by Crippen LogP contribution is 2.42. The third-order valence-corrected chi connectivity index (χ3v) is 10.6. The SMILES string of the molecule is CN(C)C1CN(C2CCc3cccc(F)c32)CC1c1ccc(N2CCN(S(=O)(=O)c3cn(C)cn3)CC2)cc1. The number of piperazine rings is 1. The number of nitrogens with zero attached hydrogens (tertiary/aromatic N) is 6. The van der Waals surface area contributed by atoms with Crippen molar-refractivity contribution in [2.24, 2.45) is 7.05 Å². The monoisotopic (exact) mass is 552 g/mol. The molecule has 3 atom stereocenters. The maximum absolute atomic E-state index is 14.8. The molecule has 3 aliphatic rings. The summed E-state index contributed by atoms with van der Waals surface area (Å²) < 4.78 is 43.8. The van der Waals surface area contributed by atoms with Gasteiger partial charge in [0.05, 0.1) is 6.33 Å². The highest BCUT2D eigenvalue weighted by Gasteiger charge is 2.41. The van der Waals surface area contributed by atoms with E-state index in [1.165, 1.54) is 16.2 Å². The van der Waals surface area contributed by atoms with Gasteiger partial charge in [0.1, 0.15) is 5.82 Å². The van der Waals surface area contributed by atoms with Crippen molar-refractivity contribution in [3.8, 4) is 0 Å². The molecule has 8 nitrogen and oxygen atoms in total. The fourth-order valence-electron chi connectivity index (χ4n) is 6.67. The summed E-state index contributed by atoms with van der Waals surface area (Å²) in [5.41, 5.74) is 4.46. The lowest BCUT2D eigenvalue weighted by atomic mass is 9.93. The Bertz CT molecular complexity index is 1430. The van der Waals surface area contributed by atoms with Crippen LogP contribution in [0.15, 0.2) is 60.0 Å². The minimum Gasteiger partial charge on any atom is -0.369 e. The quantitative estimate of drug-likeness (QED) is 0.469. The summed E-state index contributed by atoms with van der Waals surface area (Å²) >= 11 is 0. The highest BCUT2D eigenvalue weighted by molar-refractivity contribution is 7.89. The fraction of sp³-hybridized carbons (Fsp3) is 0.483. The van der Waals surface area contributed by atoms with E-state index in [4.69, 9.17) is 0 Å². The molecule has 3 aromatic rings. The molecule has 0 spiro atoms. The number of hydrogen-bond acceptors (Lipinski definition) is 6.